The van der Waals surface area contributed by atoms with E-state index in [1.54, 1.807) is 6.33 Å². The molecule has 1 aliphatic rings. The summed E-state index contributed by atoms with van der Waals surface area (Å²) in [5.74, 6) is 0.954. The summed E-state index contributed by atoms with van der Waals surface area (Å²) in [4.78, 5) is 10.7. The van der Waals surface area contributed by atoms with Crippen LogP contribution in [0.5, 0.6) is 0 Å². The Morgan fingerprint density at radius 2 is 2.35 bits per heavy atom. The number of nitrogens with zero attached hydrogens (tertiary/aromatic N) is 3. The average molecular weight is 236 g/mol. The third kappa shape index (κ3) is 3.38. The van der Waals surface area contributed by atoms with Crippen molar-refractivity contribution in [2.75, 3.05) is 18.0 Å². The van der Waals surface area contributed by atoms with E-state index in [-0.39, 0.29) is 12.1 Å². The number of hydrogen-bond donors (Lipinski definition) is 1. The maximum atomic E-state index is 5.89. The maximum Gasteiger partial charge on any atom is 0.132 e. The molecule has 0 amide bonds. The van der Waals surface area contributed by atoms with Crippen molar-refractivity contribution in [2.45, 2.75) is 39.0 Å². The van der Waals surface area contributed by atoms with Gasteiger partial charge in [-0.05, 0) is 20.3 Å². The second-order valence-electron chi connectivity index (χ2n) is 4.72. The molecule has 1 atom stereocenters. The van der Waals surface area contributed by atoms with Gasteiger partial charge >= 0.3 is 0 Å². The highest BCUT2D eigenvalue weighted by Crippen LogP contribution is 2.17. The fraction of sp³-hybridized carbons (Fsp3) is 0.667. The van der Waals surface area contributed by atoms with Crippen LogP contribution < -0.4 is 10.6 Å². The van der Waals surface area contributed by atoms with Crippen molar-refractivity contribution in [3.05, 3.63) is 18.1 Å². The maximum absolute atomic E-state index is 5.89. The standard InChI is InChI=1S/C12H20N4O/c1-9(2)17-7-11-5-12(15-8-14-11)16-4-3-10(13)6-16/h5,8-10H,3-4,6-7,13H2,1-2H3/t10-/m1/s1. The molecule has 2 N–H and O–H groups in total. The average Bonchev–Trinajstić information content (AvgIpc) is 2.74. The van der Waals surface area contributed by atoms with E-state index in [0.717, 1.165) is 31.0 Å². The molecule has 1 aromatic heterocycles. The Morgan fingerprint density at radius 3 is 3.00 bits per heavy atom. The lowest BCUT2D eigenvalue weighted by molar-refractivity contribution is 0.0635. The monoisotopic (exact) mass is 236 g/mol. The Balaban J connectivity index is 2.01. The van der Waals surface area contributed by atoms with Gasteiger partial charge in [0.1, 0.15) is 12.1 Å². The molecule has 0 bridgehead atoms. The van der Waals surface area contributed by atoms with Gasteiger partial charge in [-0.15, -0.1) is 0 Å². The van der Waals surface area contributed by atoms with Gasteiger partial charge in [-0.2, -0.15) is 0 Å². The zero-order valence-corrected chi connectivity index (χ0v) is 10.5. The van der Waals surface area contributed by atoms with Crippen LogP contribution in [-0.2, 0) is 11.3 Å². The fourth-order valence-electron chi connectivity index (χ4n) is 1.89. The summed E-state index contributed by atoms with van der Waals surface area (Å²) in [6.45, 7) is 6.42. The van der Waals surface area contributed by atoms with Crippen LogP contribution in [0, 0.1) is 0 Å². The third-order valence-corrected chi connectivity index (χ3v) is 2.82. The molecule has 0 aliphatic carbocycles. The normalized spacial score (nSPS) is 20.2. The van der Waals surface area contributed by atoms with Crippen LogP contribution in [0.2, 0.25) is 0 Å². The van der Waals surface area contributed by atoms with Crippen LogP contribution in [0.15, 0.2) is 12.4 Å². The Morgan fingerprint density at radius 1 is 1.53 bits per heavy atom. The first-order valence-electron chi connectivity index (χ1n) is 6.08. The van der Waals surface area contributed by atoms with Gasteiger partial charge in [0, 0.05) is 25.2 Å². The first-order valence-corrected chi connectivity index (χ1v) is 6.08. The predicted molar refractivity (Wildman–Crippen MR) is 66.8 cm³/mol. The second kappa shape index (κ2) is 5.42. The molecule has 1 fully saturated rings. The van der Waals surface area contributed by atoms with Crippen molar-refractivity contribution in [1.29, 1.82) is 0 Å². The van der Waals surface area contributed by atoms with Crippen molar-refractivity contribution in [3.63, 3.8) is 0 Å². The molecule has 2 heterocycles. The van der Waals surface area contributed by atoms with E-state index in [4.69, 9.17) is 10.5 Å². The smallest absolute Gasteiger partial charge is 0.132 e. The van der Waals surface area contributed by atoms with E-state index < -0.39 is 0 Å². The molecule has 94 valence electrons. The zero-order valence-electron chi connectivity index (χ0n) is 10.5. The molecule has 5 heteroatoms. The van der Waals surface area contributed by atoms with E-state index in [0.29, 0.717) is 6.61 Å². The molecule has 2 rings (SSSR count). The summed E-state index contributed by atoms with van der Waals surface area (Å²) in [7, 11) is 0. The second-order valence-corrected chi connectivity index (χ2v) is 4.72. The van der Waals surface area contributed by atoms with Crippen LogP contribution in [0.3, 0.4) is 0 Å². The molecule has 17 heavy (non-hydrogen) atoms. The largest absolute Gasteiger partial charge is 0.373 e. The number of anilines is 1. The van der Waals surface area contributed by atoms with Crippen molar-refractivity contribution >= 4 is 5.82 Å². The minimum Gasteiger partial charge on any atom is -0.373 e. The summed E-state index contributed by atoms with van der Waals surface area (Å²) >= 11 is 0. The van der Waals surface area contributed by atoms with E-state index in [9.17, 15) is 0 Å². The quantitative estimate of drug-likeness (QED) is 0.843. The van der Waals surface area contributed by atoms with Crippen molar-refractivity contribution < 1.29 is 4.74 Å². The number of ether oxygens (including phenoxy) is 1. The number of aromatic nitrogens is 2. The third-order valence-electron chi connectivity index (χ3n) is 2.82. The summed E-state index contributed by atoms with van der Waals surface area (Å²) in [6.07, 6.45) is 2.84. The molecular formula is C12H20N4O. The summed E-state index contributed by atoms with van der Waals surface area (Å²) in [5.41, 5.74) is 6.81. The van der Waals surface area contributed by atoms with Crippen molar-refractivity contribution in [2.24, 2.45) is 5.73 Å². The molecule has 0 unspecified atom stereocenters. The molecule has 0 aromatic carbocycles. The Bertz CT molecular complexity index is 369. The van der Waals surface area contributed by atoms with Crippen LogP contribution in [0.1, 0.15) is 26.0 Å². The van der Waals surface area contributed by atoms with E-state index >= 15 is 0 Å². The lowest BCUT2D eigenvalue weighted by Gasteiger charge is -2.17. The molecule has 5 nitrogen and oxygen atoms in total. The van der Waals surface area contributed by atoms with E-state index in [2.05, 4.69) is 14.9 Å². The molecule has 0 saturated carbocycles. The SMILES string of the molecule is CC(C)OCc1cc(N2CC[C@@H](N)C2)ncn1. The van der Waals surface area contributed by atoms with Crippen LogP contribution in [0.25, 0.3) is 0 Å². The topological polar surface area (TPSA) is 64.3 Å². The number of nitrogens with two attached hydrogens (primary N) is 1. The van der Waals surface area contributed by atoms with E-state index in [1.165, 1.54) is 0 Å². The lowest BCUT2D eigenvalue weighted by atomic mass is 10.3. The number of rotatable bonds is 4. The summed E-state index contributed by atoms with van der Waals surface area (Å²) in [6, 6.07) is 2.25. The Kier molecular flexibility index (Phi) is 3.91. The number of hydrogen-bond acceptors (Lipinski definition) is 5. The molecule has 0 spiro atoms. The fourth-order valence-corrected chi connectivity index (χ4v) is 1.89. The van der Waals surface area contributed by atoms with E-state index in [1.807, 2.05) is 19.9 Å². The van der Waals surface area contributed by atoms with Gasteiger partial charge < -0.3 is 15.4 Å². The van der Waals surface area contributed by atoms with Gasteiger partial charge in [0.05, 0.1) is 18.4 Å². The zero-order chi connectivity index (χ0) is 12.3. The molecule has 1 aromatic rings. The van der Waals surface area contributed by atoms with Crippen LogP contribution in [-0.4, -0.2) is 35.2 Å². The molecular weight excluding hydrogens is 216 g/mol. The first-order chi connectivity index (χ1) is 8.15. The van der Waals surface area contributed by atoms with Crippen LogP contribution >= 0.6 is 0 Å². The first kappa shape index (κ1) is 12.3. The molecule has 0 radical (unpaired) electrons. The van der Waals surface area contributed by atoms with Gasteiger partial charge in [-0.3, -0.25) is 0 Å². The summed E-state index contributed by atoms with van der Waals surface area (Å²) in [5, 5.41) is 0. The Hall–Kier alpha value is -1.20. The van der Waals surface area contributed by atoms with Crippen LogP contribution in [0.4, 0.5) is 5.82 Å². The highest BCUT2D eigenvalue weighted by molar-refractivity contribution is 5.40. The highest BCUT2D eigenvalue weighted by Gasteiger charge is 2.20. The molecule has 1 aliphatic heterocycles. The Labute approximate surface area is 102 Å². The summed E-state index contributed by atoms with van der Waals surface area (Å²) < 4.78 is 5.53. The molecule has 1 saturated heterocycles. The minimum atomic E-state index is 0.216. The van der Waals surface area contributed by atoms with Crippen molar-refractivity contribution in [3.8, 4) is 0 Å². The van der Waals surface area contributed by atoms with Gasteiger partial charge in [-0.25, -0.2) is 9.97 Å². The lowest BCUT2D eigenvalue weighted by Crippen LogP contribution is -2.27. The predicted octanol–water partition coefficient (Wildman–Crippen LogP) is 0.939. The minimum absolute atomic E-state index is 0.216. The van der Waals surface area contributed by atoms with Gasteiger partial charge in [0.15, 0.2) is 0 Å². The highest BCUT2D eigenvalue weighted by atomic mass is 16.5. The van der Waals surface area contributed by atoms with Gasteiger partial charge in [-0.1, -0.05) is 0 Å². The van der Waals surface area contributed by atoms with Crippen molar-refractivity contribution in [1.82, 2.24) is 9.97 Å². The van der Waals surface area contributed by atoms with Gasteiger partial charge in [0.2, 0.25) is 0 Å². The van der Waals surface area contributed by atoms with Gasteiger partial charge in [0.25, 0.3) is 0 Å².